The van der Waals surface area contributed by atoms with E-state index in [-0.39, 0.29) is 12.1 Å². The average molecular weight is 455 g/mol. The average Bonchev–Trinajstić information content (AvgIpc) is 3.38. The predicted molar refractivity (Wildman–Crippen MR) is 116 cm³/mol. The second-order valence-electron chi connectivity index (χ2n) is 9.75. The molecule has 1 aliphatic carbocycles. The second-order valence-corrected chi connectivity index (χ2v) is 10.5. The fourth-order valence-electron chi connectivity index (χ4n) is 4.86. The van der Waals surface area contributed by atoms with E-state index in [1.165, 1.54) is 12.8 Å². The van der Waals surface area contributed by atoms with Gasteiger partial charge in [-0.15, -0.1) is 0 Å². The zero-order valence-electron chi connectivity index (χ0n) is 17.7. The Morgan fingerprint density at radius 1 is 1.23 bits per heavy atom. The molecule has 4 aliphatic rings. The summed E-state index contributed by atoms with van der Waals surface area (Å²) in [5, 5.41) is 0.676. The zero-order chi connectivity index (χ0) is 21.2. The van der Waals surface area contributed by atoms with Gasteiger partial charge in [-0.2, -0.15) is 0 Å². The van der Waals surface area contributed by atoms with Gasteiger partial charge in [0, 0.05) is 38.8 Å². The van der Waals surface area contributed by atoms with Crippen LogP contribution in [0.4, 0.5) is 10.6 Å². The van der Waals surface area contributed by atoms with Crippen molar-refractivity contribution in [3.63, 3.8) is 0 Å². The van der Waals surface area contributed by atoms with Crippen molar-refractivity contribution >= 4 is 35.1 Å². The summed E-state index contributed by atoms with van der Waals surface area (Å²) >= 11 is 12.9. The summed E-state index contributed by atoms with van der Waals surface area (Å²) in [6.07, 6.45) is 2.16. The fourth-order valence-corrected chi connectivity index (χ4v) is 5.24. The van der Waals surface area contributed by atoms with Crippen LogP contribution in [0, 0.1) is 5.92 Å². The van der Waals surface area contributed by atoms with Gasteiger partial charge >= 0.3 is 6.09 Å². The molecule has 30 heavy (non-hydrogen) atoms. The number of piperazine rings is 1. The number of fused-ring (bicyclic) bond motifs is 3. The van der Waals surface area contributed by atoms with E-state index in [2.05, 4.69) is 14.8 Å². The molecule has 3 atom stereocenters. The molecule has 5 rings (SSSR count). The van der Waals surface area contributed by atoms with Crippen molar-refractivity contribution in [1.82, 2.24) is 14.8 Å². The summed E-state index contributed by atoms with van der Waals surface area (Å²) in [6.45, 7) is 9.72. The van der Waals surface area contributed by atoms with Gasteiger partial charge in [-0.1, -0.05) is 23.2 Å². The molecule has 0 spiro atoms. The molecule has 1 aromatic heterocycles. The molecule has 0 aromatic carbocycles. The number of amides is 1. The third kappa shape index (κ3) is 3.69. The van der Waals surface area contributed by atoms with Crippen molar-refractivity contribution in [2.24, 2.45) is 5.92 Å². The summed E-state index contributed by atoms with van der Waals surface area (Å²) in [7, 11) is 0. The van der Waals surface area contributed by atoms with Crippen LogP contribution in [0.5, 0.6) is 5.75 Å². The summed E-state index contributed by atoms with van der Waals surface area (Å²) < 4.78 is 11.8. The minimum atomic E-state index is -0.508. The van der Waals surface area contributed by atoms with Gasteiger partial charge in [-0.05, 0) is 39.5 Å². The molecular formula is C21H28Cl2N4O3. The Morgan fingerprint density at radius 3 is 2.70 bits per heavy atom. The first-order chi connectivity index (χ1) is 14.2. The lowest BCUT2D eigenvalue weighted by molar-refractivity contribution is -0.00153. The minimum absolute atomic E-state index is 0.0635. The van der Waals surface area contributed by atoms with Gasteiger partial charge in [-0.25, -0.2) is 9.78 Å². The number of pyridine rings is 1. The third-order valence-corrected chi connectivity index (χ3v) is 7.19. The van der Waals surface area contributed by atoms with E-state index in [9.17, 15) is 4.79 Å². The third-order valence-electron chi connectivity index (χ3n) is 6.46. The first kappa shape index (κ1) is 20.5. The molecule has 2 saturated heterocycles. The Kier molecular flexibility index (Phi) is 4.99. The topological polar surface area (TPSA) is 58.1 Å². The molecule has 3 aliphatic heterocycles. The molecule has 4 heterocycles. The number of carbonyl (C=O) groups excluding carboxylic acids is 1. The smallest absolute Gasteiger partial charge is 0.410 e. The molecule has 0 bridgehead atoms. The summed E-state index contributed by atoms with van der Waals surface area (Å²) in [5.74, 6) is 2.35. The summed E-state index contributed by atoms with van der Waals surface area (Å²) in [4.78, 5) is 23.7. The van der Waals surface area contributed by atoms with E-state index >= 15 is 0 Å². The van der Waals surface area contributed by atoms with Gasteiger partial charge in [0.1, 0.15) is 28.8 Å². The van der Waals surface area contributed by atoms with Gasteiger partial charge in [0.05, 0.1) is 11.6 Å². The molecule has 3 unspecified atom stereocenters. The Hall–Kier alpha value is -1.44. The van der Waals surface area contributed by atoms with Crippen LogP contribution in [0.1, 0.15) is 39.2 Å². The van der Waals surface area contributed by atoms with Crippen molar-refractivity contribution in [2.45, 2.75) is 57.8 Å². The first-order valence-corrected chi connectivity index (χ1v) is 11.5. The molecule has 0 radical (unpaired) electrons. The Balaban J connectivity index is 1.39. The number of carbonyl (C=O) groups is 1. The van der Waals surface area contributed by atoms with Crippen molar-refractivity contribution in [2.75, 3.05) is 37.7 Å². The Morgan fingerprint density at radius 2 is 2.03 bits per heavy atom. The largest absolute Gasteiger partial charge is 0.490 e. The first-order valence-electron chi connectivity index (χ1n) is 10.7. The lowest BCUT2D eigenvalue weighted by atomic mass is 10.1. The van der Waals surface area contributed by atoms with Crippen LogP contribution in [0.2, 0.25) is 10.2 Å². The maximum Gasteiger partial charge on any atom is 0.410 e. The van der Waals surface area contributed by atoms with E-state index in [1.54, 1.807) is 4.90 Å². The number of piperidine rings is 1. The van der Waals surface area contributed by atoms with E-state index < -0.39 is 5.60 Å². The molecule has 0 N–H and O–H groups in total. The predicted octanol–water partition coefficient (Wildman–Crippen LogP) is 3.80. The monoisotopic (exact) mass is 454 g/mol. The van der Waals surface area contributed by atoms with Crippen LogP contribution < -0.4 is 9.64 Å². The molecule has 164 valence electrons. The van der Waals surface area contributed by atoms with Crippen LogP contribution in [0.15, 0.2) is 0 Å². The van der Waals surface area contributed by atoms with Gasteiger partial charge < -0.3 is 19.3 Å². The quantitative estimate of drug-likeness (QED) is 0.601. The van der Waals surface area contributed by atoms with E-state index in [0.29, 0.717) is 48.2 Å². The number of hydrogen-bond donors (Lipinski definition) is 0. The number of nitrogens with zero attached hydrogens (tertiary/aromatic N) is 4. The number of aromatic nitrogens is 1. The zero-order valence-corrected chi connectivity index (χ0v) is 19.2. The standard InChI is InChI=1S/C21H28Cl2N4O3/c1-21(2,3)30-20(28)26-7-6-25-10-14-17(29-11-13(25)9-26)16(22)18(23)24-19(14)27-5-4-12-8-15(12)27/h12-13,15H,4-11H2,1-3H3. The normalized spacial score (nSPS) is 28.2. The van der Waals surface area contributed by atoms with Crippen molar-refractivity contribution in [3.05, 3.63) is 15.7 Å². The molecule has 1 saturated carbocycles. The van der Waals surface area contributed by atoms with Crippen LogP contribution in [-0.4, -0.2) is 71.3 Å². The Bertz CT molecular complexity index is 875. The van der Waals surface area contributed by atoms with Crippen LogP contribution in [0.25, 0.3) is 0 Å². The van der Waals surface area contributed by atoms with E-state index in [4.69, 9.17) is 32.7 Å². The number of halogens is 2. The van der Waals surface area contributed by atoms with E-state index in [0.717, 1.165) is 30.4 Å². The highest BCUT2D eigenvalue weighted by Crippen LogP contribution is 2.50. The summed E-state index contributed by atoms with van der Waals surface area (Å²) in [6, 6.07) is 0.635. The number of anilines is 1. The lowest BCUT2D eigenvalue weighted by Crippen LogP contribution is -2.56. The second kappa shape index (κ2) is 7.31. The Labute approximate surface area is 187 Å². The maximum atomic E-state index is 12.5. The van der Waals surface area contributed by atoms with Crippen molar-refractivity contribution < 1.29 is 14.3 Å². The molecule has 1 aromatic rings. The molecular weight excluding hydrogens is 427 g/mol. The maximum absolute atomic E-state index is 12.5. The van der Waals surface area contributed by atoms with Gasteiger partial charge in [-0.3, -0.25) is 4.90 Å². The number of hydrogen-bond acceptors (Lipinski definition) is 6. The van der Waals surface area contributed by atoms with Gasteiger partial charge in [0.15, 0.2) is 5.15 Å². The van der Waals surface area contributed by atoms with Crippen LogP contribution in [-0.2, 0) is 11.3 Å². The lowest BCUT2D eigenvalue weighted by Gasteiger charge is -2.40. The fraction of sp³-hybridized carbons (Fsp3) is 0.714. The SMILES string of the molecule is CC(C)(C)OC(=O)N1CCN2Cc3c(N4CCC5CC54)nc(Cl)c(Cl)c3OCC2C1. The number of rotatable bonds is 1. The molecule has 7 nitrogen and oxygen atoms in total. The number of ether oxygens (including phenoxy) is 2. The van der Waals surface area contributed by atoms with Gasteiger partial charge in [0.25, 0.3) is 0 Å². The highest BCUT2D eigenvalue weighted by molar-refractivity contribution is 6.42. The molecule has 9 heteroatoms. The van der Waals surface area contributed by atoms with Crippen LogP contribution in [0.3, 0.4) is 0 Å². The molecule has 1 amide bonds. The van der Waals surface area contributed by atoms with Crippen molar-refractivity contribution in [3.8, 4) is 5.75 Å². The van der Waals surface area contributed by atoms with Crippen molar-refractivity contribution in [1.29, 1.82) is 0 Å². The highest BCUT2D eigenvalue weighted by atomic mass is 35.5. The van der Waals surface area contributed by atoms with Crippen LogP contribution >= 0.6 is 23.2 Å². The molecule has 3 fully saturated rings. The highest BCUT2D eigenvalue weighted by Gasteiger charge is 2.48. The minimum Gasteiger partial charge on any atom is -0.490 e. The van der Waals surface area contributed by atoms with E-state index in [1.807, 2.05) is 20.8 Å². The summed E-state index contributed by atoms with van der Waals surface area (Å²) in [5.41, 5.74) is 0.510. The van der Waals surface area contributed by atoms with Gasteiger partial charge in [0.2, 0.25) is 0 Å².